The second-order valence-electron chi connectivity index (χ2n) is 14.8. The highest BCUT2D eigenvalue weighted by atomic mass is 32.2. The zero-order chi connectivity index (χ0) is 46.1. The number of anilines is 2. The lowest BCUT2D eigenvalue weighted by Gasteiger charge is -2.39. The zero-order valence-electron chi connectivity index (χ0n) is 35.2. The Morgan fingerprint density at radius 3 is 1.46 bits per heavy atom. The van der Waals surface area contributed by atoms with Crippen LogP contribution in [0.5, 0.6) is 0 Å². The molecule has 2 aliphatic rings. The second kappa shape index (κ2) is 20.3. The average molecular weight is 899 g/mol. The lowest BCUT2D eigenvalue weighted by molar-refractivity contribution is -0.124. The van der Waals surface area contributed by atoms with E-state index in [2.05, 4.69) is 19.4 Å². The van der Waals surface area contributed by atoms with Crippen molar-refractivity contribution >= 4 is 55.4 Å². The van der Waals surface area contributed by atoms with Crippen LogP contribution < -0.4 is 19.2 Å². The van der Waals surface area contributed by atoms with Gasteiger partial charge in [-0.3, -0.25) is 19.0 Å². The topological polar surface area (TPSA) is 259 Å². The van der Waals surface area contributed by atoms with Crippen molar-refractivity contribution in [3.63, 3.8) is 0 Å². The number of sulfonamides is 2. The number of carbonyl (C=O) groups is 4. The van der Waals surface area contributed by atoms with Crippen LogP contribution in [0.1, 0.15) is 73.8 Å². The van der Waals surface area contributed by atoms with Gasteiger partial charge >= 0.3 is 11.9 Å². The van der Waals surface area contributed by atoms with Crippen molar-refractivity contribution in [1.29, 1.82) is 10.5 Å². The molecule has 0 spiro atoms. The van der Waals surface area contributed by atoms with Crippen LogP contribution in [0.15, 0.2) is 66.7 Å². The molecule has 2 aromatic heterocycles. The zero-order valence-corrected chi connectivity index (χ0v) is 36.9. The van der Waals surface area contributed by atoms with Crippen LogP contribution >= 0.6 is 0 Å². The third-order valence-corrected chi connectivity index (χ3v) is 12.3. The molecule has 6 rings (SSSR count). The molecule has 2 aliphatic heterocycles. The Bertz CT molecular complexity index is 2710. The van der Waals surface area contributed by atoms with E-state index >= 15 is 0 Å². The number of rotatable bonds is 14. The summed E-state index contributed by atoms with van der Waals surface area (Å²) in [4.78, 5) is 61.0. The first-order chi connectivity index (χ1) is 29.9. The highest BCUT2D eigenvalue weighted by Gasteiger charge is 2.38. The molecule has 4 heterocycles. The summed E-state index contributed by atoms with van der Waals surface area (Å²) in [6, 6.07) is 22.5. The molecule has 0 aliphatic carbocycles. The number of benzene rings is 2. The molecule has 2 saturated heterocycles. The van der Waals surface area contributed by atoms with E-state index < -0.39 is 55.6 Å². The van der Waals surface area contributed by atoms with Gasteiger partial charge in [-0.1, -0.05) is 60.2 Å². The number of hydrogen-bond acceptors (Lipinski definition) is 16. The van der Waals surface area contributed by atoms with Gasteiger partial charge in [-0.05, 0) is 57.9 Å². The fraction of sp³-hybridized carbons (Fsp3) is 0.349. The molecule has 2 fully saturated rings. The van der Waals surface area contributed by atoms with E-state index in [9.17, 15) is 46.5 Å². The number of aryl methyl sites for hydroxylation is 3. The summed E-state index contributed by atoms with van der Waals surface area (Å²) in [6.07, 6.45) is 0. The van der Waals surface area contributed by atoms with Gasteiger partial charge in [-0.2, -0.15) is 10.5 Å². The number of aromatic nitrogens is 2. The summed E-state index contributed by atoms with van der Waals surface area (Å²) in [5.74, 6) is -3.27. The molecule has 0 radical (unpaired) electrons. The van der Waals surface area contributed by atoms with Crippen LogP contribution in [0.2, 0.25) is 0 Å². The van der Waals surface area contributed by atoms with Crippen molar-refractivity contribution in [1.82, 2.24) is 19.4 Å². The number of hydrogen-bond donors (Lipinski definition) is 2. The first kappa shape index (κ1) is 47.2. The predicted octanol–water partition coefficient (Wildman–Crippen LogP) is 3.35. The van der Waals surface area contributed by atoms with Gasteiger partial charge in [-0.15, -0.1) is 0 Å². The standard InChI is InChI=1S/C22H24N4O5S.C21H22N4O5S/c1-4-31-22(28)19-9-17(10-23)20(24-15(19)3)26-11-18(12-26)21(27)25-32(29,30)13-16-7-5-6-14(2)8-16;1-3-30-21(27)18-9-16(10-22)19(23-14(18)2)25-11-17(12-25)20(26)24-31(28,29)13-15-7-5-4-6-8-15/h5-9,18H,4,11-13H2,1-3H3,(H,25,27);4-9,17H,3,11-13H2,1-2H3,(H,24,26). The van der Waals surface area contributed by atoms with Gasteiger partial charge in [0.1, 0.15) is 23.8 Å². The minimum absolute atomic E-state index is 0.184. The molecule has 2 N–H and O–H groups in total. The number of amides is 2. The van der Waals surface area contributed by atoms with E-state index in [0.29, 0.717) is 34.2 Å². The summed E-state index contributed by atoms with van der Waals surface area (Å²) in [5.41, 5.74) is 3.72. The normalized spacial score (nSPS) is 13.8. The number of nitriles is 2. The van der Waals surface area contributed by atoms with Crippen LogP contribution in [-0.4, -0.2) is 89.9 Å². The quantitative estimate of drug-likeness (QED) is 0.172. The number of nitrogens with one attached hydrogen (secondary N) is 2. The summed E-state index contributed by atoms with van der Waals surface area (Å²) in [7, 11) is -7.65. The molecule has 330 valence electrons. The molecule has 20 heteroatoms. The van der Waals surface area contributed by atoms with Gasteiger partial charge < -0.3 is 19.3 Å². The van der Waals surface area contributed by atoms with Crippen molar-refractivity contribution in [2.45, 2.75) is 46.1 Å². The number of ether oxygens (including phenoxy) is 2. The number of esters is 2. The van der Waals surface area contributed by atoms with Gasteiger partial charge in [0, 0.05) is 26.2 Å². The first-order valence-corrected chi connectivity index (χ1v) is 23.0. The van der Waals surface area contributed by atoms with Crippen LogP contribution in [0.4, 0.5) is 11.6 Å². The van der Waals surface area contributed by atoms with Crippen molar-refractivity contribution in [3.8, 4) is 12.1 Å². The lowest BCUT2D eigenvalue weighted by Crippen LogP contribution is -2.55. The molecule has 2 aromatic carbocycles. The molecule has 2 amide bonds. The Morgan fingerprint density at radius 2 is 1.06 bits per heavy atom. The van der Waals surface area contributed by atoms with E-state index in [1.54, 1.807) is 86.0 Å². The second-order valence-corrected chi connectivity index (χ2v) is 18.2. The molecule has 0 atom stereocenters. The van der Waals surface area contributed by atoms with Crippen molar-refractivity contribution in [2.75, 3.05) is 49.2 Å². The van der Waals surface area contributed by atoms with Crippen LogP contribution in [0.3, 0.4) is 0 Å². The Kier molecular flexibility index (Phi) is 15.2. The van der Waals surface area contributed by atoms with Gasteiger partial charge in [-0.25, -0.2) is 36.4 Å². The molecule has 63 heavy (non-hydrogen) atoms. The van der Waals surface area contributed by atoms with Crippen LogP contribution in [0, 0.1) is 55.3 Å². The Hall–Kier alpha value is -6.90. The number of carbonyl (C=O) groups excluding carboxylic acids is 4. The Labute approximate surface area is 365 Å². The van der Waals surface area contributed by atoms with Crippen LogP contribution in [-0.2, 0) is 50.6 Å². The summed E-state index contributed by atoms with van der Waals surface area (Å²) < 4.78 is 63.5. The maximum atomic E-state index is 12.4. The predicted molar refractivity (Wildman–Crippen MR) is 230 cm³/mol. The molecule has 0 unspecified atom stereocenters. The summed E-state index contributed by atoms with van der Waals surface area (Å²) >= 11 is 0. The van der Waals surface area contributed by atoms with Crippen molar-refractivity contribution in [2.24, 2.45) is 11.8 Å². The minimum Gasteiger partial charge on any atom is -0.462 e. The third kappa shape index (κ3) is 12.1. The fourth-order valence-corrected chi connectivity index (χ4v) is 9.00. The monoisotopic (exact) mass is 898 g/mol. The maximum Gasteiger partial charge on any atom is 0.340 e. The van der Waals surface area contributed by atoms with Gasteiger partial charge in [0.15, 0.2) is 0 Å². The Morgan fingerprint density at radius 1 is 0.651 bits per heavy atom. The van der Waals surface area contributed by atoms with Gasteiger partial charge in [0.05, 0.1) is 70.2 Å². The minimum atomic E-state index is -3.83. The third-order valence-electron chi connectivity index (χ3n) is 9.87. The fourth-order valence-electron chi connectivity index (χ4n) is 6.66. The summed E-state index contributed by atoms with van der Waals surface area (Å²) in [5, 5.41) is 18.9. The van der Waals surface area contributed by atoms with E-state index in [0.717, 1.165) is 5.56 Å². The highest BCUT2D eigenvalue weighted by molar-refractivity contribution is 7.89. The maximum absolute atomic E-state index is 12.4. The van der Waals surface area contributed by atoms with E-state index in [-0.39, 0.29) is 73.2 Å². The van der Waals surface area contributed by atoms with E-state index in [4.69, 9.17) is 9.47 Å². The van der Waals surface area contributed by atoms with Crippen LogP contribution in [0.25, 0.3) is 0 Å². The molecule has 4 aromatic rings. The van der Waals surface area contributed by atoms with E-state index in [1.807, 2.05) is 25.1 Å². The summed E-state index contributed by atoms with van der Waals surface area (Å²) in [6.45, 7) is 9.78. The first-order valence-electron chi connectivity index (χ1n) is 19.7. The number of pyridine rings is 2. The largest absolute Gasteiger partial charge is 0.462 e. The smallest absolute Gasteiger partial charge is 0.340 e. The van der Waals surface area contributed by atoms with Crippen molar-refractivity contribution < 1.29 is 45.5 Å². The van der Waals surface area contributed by atoms with E-state index in [1.165, 1.54) is 12.1 Å². The SMILES string of the molecule is CCOC(=O)c1cc(C#N)c(N2CC(C(=O)NS(=O)(=O)Cc3cccc(C)c3)C2)nc1C.CCOC(=O)c1cc(C#N)c(N2CC(C(=O)NS(=O)(=O)Cc3ccccc3)C2)nc1C. The number of nitrogens with zero attached hydrogens (tertiary/aromatic N) is 6. The lowest BCUT2D eigenvalue weighted by atomic mass is 9.98. The Balaban J connectivity index is 0.000000238. The average Bonchev–Trinajstić information content (AvgIpc) is 3.17. The molecular formula is C43H46N8O10S2. The molecule has 0 bridgehead atoms. The molecule has 18 nitrogen and oxygen atoms in total. The van der Waals surface area contributed by atoms with Gasteiger partial charge in [0.25, 0.3) is 0 Å². The van der Waals surface area contributed by atoms with Gasteiger partial charge in [0.2, 0.25) is 31.9 Å². The molecule has 0 saturated carbocycles. The highest BCUT2D eigenvalue weighted by Crippen LogP contribution is 2.30. The van der Waals surface area contributed by atoms with Crippen molar-refractivity contribution in [3.05, 3.63) is 117 Å². The molecular weight excluding hydrogens is 853 g/mol.